The Hall–Kier alpha value is -2.26. The summed E-state index contributed by atoms with van der Waals surface area (Å²) in [7, 11) is 1.26. The lowest BCUT2D eigenvalue weighted by Gasteiger charge is -2.20. The summed E-state index contributed by atoms with van der Waals surface area (Å²) in [4.78, 5) is 25.8. The molecule has 31 heavy (non-hydrogen) atoms. The van der Waals surface area contributed by atoms with Crippen molar-refractivity contribution in [2.45, 2.75) is 44.8 Å². The number of aromatic nitrogens is 1. The van der Waals surface area contributed by atoms with Gasteiger partial charge in [0.15, 0.2) is 5.56 Å². The van der Waals surface area contributed by atoms with Crippen LogP contribution in [0, 0.1) is 0 Å². The molecule has 0 saturated heterocycles. The van der Waals surface area contributed by atoms with E-state index in [4.69, 9.17) is 25.8 Å². The molecule has 0 bridgehead atoms. The molecule has 0 radical (unpaired) electrons. The maximum atomic E-state index is 13.4. The number of rotatable bonds is 9. The molecule has 0 atom stereocenters. The van der Waals surface area contributed by atoms with Crippen molar-refractivity contribution in [3.63, 3.8) is 0 Å². The zero-order valence-corrected chi connectivity index (χ0v) is 17.9. The van der Waals surface area contributed by atoms with Crippen LogP contribution in [0.4, 0.5) is 13.2 Å². The van der Waals surface area contributed by atoms with Crippen molar-refractivity contribution < 1.29 is 32.2 Å². The molecule has 1 heterocycles. The second-order valence-corrected chi connectivity index (χ2v) is 7.67. The lowest BCUT2D eigenvalue weighted by atomic mass is 10.1. The van der Waals surface area contributed by atoms with Gasteiger partial charge in [-0.2, -0.15) is 13.2 Å². The molecule has 0 N–H and O–H groups in total. The molecule has 1 saturated carbocycles. The second-order valence-electron chi connectivity index (χ2n) is 7.26. The Morgan fingerprint density at radius 1 is 1.23 bits per heavy atom. The van der Waals surface area contributed by atoms with Gasteiger partial charge in [0.2, 0.25) is 11.3 Å². The van der Waals surface area contributed by atoms with Crippen LogP contribution >= 0.6 is 11.6 Å². The van der Waals surface area contributed by atoms with Crippen molar-refractivity contribution >= 4 is 28.5 Å². The number of carbonyl (C=O) groups excluding carboxylic acids is 1. The van der Waals surface area contributed by atoms with E-state index in [1.54, 1.807) is 0 Å². The largest absolute Gasteiger partial charge is 0.481 e. The predicted octanol–water partition coefficient (Wildman–Crippen LogP) is 4.99. The van der Waals surface area contributed by atoms with Gasteiger partial charge in [-0.25, -0.2) is 4.79 Å². The molecule has 2 aromatic rings. The number of carbonyl (C=O) groups is 1. The Labute approximate surface area is 181 Å². The van der Waals surface area contributed by atoms with Gasteiger partial charge in [-0.15, -0.1) is 0 Å². The Balaban J connectivity index is 2.05. The van der Waals surface area contributed by atoms with Gasteiger partial charge in [0, 0.05) is 31.1 Å². The number of hydrogen-bond donors (Lipinski definition) is 0. The average Bonchev–Trinajstić information content (AvgIpc) is 3.54. The Morgan fingerprint density at radius 3 is 2.52 bits per heavy atom. The minimum Gasteiger partial charge on any atom is -0.481 e. The molecule has 0 aliphatic heterocycles. The highest BCUT2D eigenvalue weighted by Gasteiger charge is 2.37. The monoisotopic (exact) mass is 461 g/mol. The minimum atomic E-state index is -4.69. The van der Waals surface area contributed by atoms with E-state index in [0.717, 1.165) is 18.6 Å². The van der Waals surface area contributed by atoms with Gasteiger partial charge in [-0.3, -0.25) is 4.79 Å². The maximum Gasteiger partial charge on any atom is 0.417 e. The fraction of sp³-hybridized carbons (Fsp3) is 0.524. The number of alkyl halides is 3. The first kappa shape index (κ1) is 23.4. The van der Waals surface area contributed by atoms with Crippen molar-refractivity contribution in [2.75, 3.05) is 26.9 Å². The lowest BCUT2D eigenvalue weighted by molar-refractivity contribution is -0.137. The standard InChI is InChI=1S/C21H23ClF3NO5/c1-3-7-30-8-4-9-31-20(28)17-18(27)13-10-15(22)14(21(23,24)25)11-16(13)26(12-5-6-12)19(17)29-2/h10-12H,3-9H2,1-2H3. The molecule has 6 nitrogen and oxygen atoms in total. The van der Waals surface area contributed by atoms with Gasteiger partial charge in [0.1, 0.15) is 0 Å². The van der Waals surface area contributed by atoms with Crippen molar-refractivity contribution in [1.29, 1.82) is 0 Å². The van der Waals surface area contributed by atoms with Crippen molar-refractivity contribution in [2.24, 2.45) is 0 Å². The molecule has 1 aliphatic rings. The Kier molecular flexibility index (Phi) is 7.16. The average molecular weight is 462 g/mol. The van der Waals surface area contributed by atoms with Crippen LogP contribution < -0.4 is 10.2 Å². The summed E-state index contributed by atoms with van der Waals surface area (Å²) < 4.78 is 57.5. The van der Waals surface area contributed by atoms with Gasteiger partial charge in [0.05, 0.1) is 29.8 Å². The summed E-state index contributed by atoms with van der Waals surface area (Å²) in [5, 5.41) is -0.707. The SMILES string of the molecule is CCCOCCCOC(=O)c1c(OC)n(C2CC2)c2cc(C(F)(F)F)c(Cl)cc2c1=O. The van der Waals surface area contributed by atoms with Gasteiger partial charge >= 0.3 is 12.1 Å². The number of esters is 1. The third kappa shape index (κ3) is 4.98. The highest BCUT2D eigenvalue weighted by Crippen LogP contribution is 2.43. The topological polar surface area (TPSA) is 66.8 Å². The number of fused-ring (bicyclic) bond motifs is 1. The van der Waals surface area contributed by atoms with Crippen molar-refractivity contribution in [1.82, 2.24) is 4.57 Å². The van der Waals surface area contributed by atoms with Crippen molar-refractivity contribution in [3.8, 4) is 5.88 Å². The quantitative estimate of drug-likeness (QED) is 0.389. The van der Waals surface area contributed by atoms with Crippen LogP contribution in [0.15, 0.2) is 16.9 Å². The fourth-order valence-corrected chi connectivity index (χ4v) is 3.61. The molecule has 170 valence electrons. The summed E-state index contributed by atoms with van der Waals surface area (Å²) in [5.74, 6) is -1.01. The van der Waals surface area contributed by atoms with E-state index in [1.807, 2.05) is 6.92 Å². The summed E-state index contributed by atoms with van der Waals surface area (Å²) in [6.45, 7) is 3.00. The van der Waals surface area contributed by atoms with E-state index in [9.17, 15) is 22.8 Å². The lowest BCUT2D eigenvalue weighted by Crippen LogP contribution is -2.24. The van der Waals surface area contributed by atoms with Crippen LogP contribution in [0.2, 0.25) is 5.02 Å². The van der Waals surface area contributed by atoms with Crippen molar-refractivity contribution in [3.05, 3.63) is 38.5 Å². The molecule has 1 fully saturated rings. The highest BCUT2D eigenvalue weighted by atomic mass is 35.5. The van der Waals surface area contributed by atoms with Crippen LogP contribution in [0.25, 0.3) is 10.9 Å². The summed E-state index contributed by atoms with van der Waals surface area (Å²) in [6.07, 6.45) is -2.02. The van der Waals surface area contributed by atoms with Gasteiger partial charge in [0.25, 0.3) is 0 Å². The van der Waals surface area contributed by atoms with Crippen LogP contribution in [0.3, 0.4) is 0 Å². The number of methoxy groups -OCH3 is 1. The fourth-order valence-electron chi connectivity index (χ4n) is 3.34. The van der Waals surface area contributed by atoms with E-state index in [0.29, 0.717) is 32.5 Å². The first-order valence-electron chi connectivity index (χ1n) is 9.98. The number of ether oxygens (including phenoxy) is 3. The molecule has 3 rings (SSSR count). The third-order valence-corrected chi connectivity index (χ3v) is 5.19. The number of pyridine rings is 1. The van der Waals surface area contributed by atoms with Crippen LogP contribution in [0.1, 0.15) is 54.6 Å². The van der Waals surface area contributed by atoms with E-state index >= 15 is 0 Å². The maximum absolute atomic E-state index is 13.4. The Bertz CT molecular complexity index is 1030. The smallest absolute Gasteiger partial charge is 0.417 e. The Morgan fingerprint density at radius 2 is 1.94 bits per heavy atom. The number of benzene rings is 1. The van der Waals surface area contributed by atoms with E-state index in [1.165, 1.54) is 11.7 Å². The van der Waals surface area contributed by atoms with E-state index in [2.05, 4.69) is 0 Å². The van der Waals surface area contributed by atoms with Gasteiger partial charge in [-0.05, 0) is 31.4 Å². The number of nitrogens with zero attached hydrogens (tertiary/aromatic N) is 1. The molecule has 0 amide bonds. The minimum absolute atomic E-state index is 0.0191. The molecular formula is C21H23ClF3NO5. The summed E-state index contributed by atoms with van der Waals surface area (Å²) in [5.41, 5.74) is -2.18. The van der Waals surface area contributed by atoms with Gasteiger partial charge < -0.3 is 18.8 Å². The van der Waals surface area contributed by atoms with Crippen LogP contribution in [-0.4, -0.2) is 37.5 Å². The third-order valence-electron chi connectivity index (χ3n) is 4.88. The molecule has 1 aliphatic carbocycles. The molecule has 10 heteroatoms. The summed E-state index contributed by atoms with van der Waals surface area (Å²) >= 11 is 5.83. The highest BCUT2D eigenvalue weighted by molar-refractivity contribution is 6.32. The molecule has 0 spiro atoms. The number of halogens is 4. The second kappa shape index (κ2) is 9.48. The first-order valence-corrected chi connectivity index (χ1v) is 10.4. The molecule has 1 aromatic heterocycles. The summed E-state index contributed by atoms with van der Waals surface area (Å²) in [6, 6.07) is 1.60. The first-order chi connectivity index (χ1) is 14.7. The van der Waals surface area contributed by atoms with Crippen LogP contribution in [0.5, 0.6) is 5.88 Å². The normalized spacial score (nSPS) is 14.1. The van der Waals surface area contributed by atoms with Gasteiger partial charge in [-0.1, -0.05) is 18.5 Å². The molecular weight excluding hydrogens is 439 g/mol. The van der Waals surface area contributed by atoms with Crippen LogP contribution in [-0.2, 0) is 15.7 Å². The number of hydrogen-bond acceptors (Lipinski definition) is 5. The zero-order valence-electron chi connectivity index (χ0n) is 17.2. The van der Waals surface area contributed by atoms with E-state index < -0.39 is 28.2 Å². The zero-order chi connectivity index (χ0) is 22.8. The molecule has 1 aromatic carbocycles. The predicted molar refractivity (Wildman–Crippen MR) is 109 cm³/mol. The molecule has 0 unspecified atom stereocenters. The van der Waals surface area contributed by atoms with E-state index in [-0.39, 0.29) is 35.0 Å².